The summed E-state index contributed by atoms with van der Waals surface area (Å²) in [6, 6.07) is 11.8. The summed E-state index contributed by atoms with van der Waals surface area (Å²) in [6.07, 6.45) is 3.56. The lowest BCUT2D eigenvalue weighted by Crippen LogP contribution is -2.23. The van der Waals surface area contributed by atoms with Gasteiger partial charge in [-0.2, -0.15) is 5.10 Å². The van der Waals surface area contributed by atoms with E-state index in [1.807, 2.05) is 24.3 Å². The molecule has 1 heterocycles. The van der Waals surface area contributed by atoms with Crippen molar-refractivity contribution in [3.8, 4) is 17.0 Å². The Morgan fingerprint density at radius 2 is 2.04 bits per heavy atom. The summed E-state index contributed by atoms with van der Waals surface area (Å²) in [5, 5.41) is 9.69. The molecule has 0 aliphatic carbocycles. The predicted molar refractivity (Wildman–Crippen MR) is 107 cm³/mol. The van der Waals surface area contributed by atoms with E-state index in [4.69, 9.17) is 16.3 Å². The summed E-state index contributed by atoms with van der Waals surface area (Å²) in [6.45, 7) is 3.02. The molecule has 0 saturated carbocycles. The van der Waals surface area contributed by atoms with Gasteiger partial charge in [-0.3, -0.25) is 9.89 Å². The van der Waals surface area contributed by atoms with Gasteiger partial charge in [0.25, 0.3) is 5.91 Å². The molecular formula is C21H21ClFN3O2. The smallest absolute Gasteiger partial charge is 0.255 e. The van der Waals surface area contributed by atoms with Gasteiger partial charge in [0, 0.05) is 12.1 Å². The average molecular weight is 402 g/mol. The molecule has 1 amide bonds. The van der Waals surface area contributed by atoms with Crippen molar-refractivity contribution in [2.24, 2.45) is 0 Å². The minimum Gasteiger partial charge on any atom is -0.494 e. The monoisotopic (exact) mass is 401 g/mol. The molecule has 3 aromatic rings. The number of nitrogens with one attached hydrogen (secondary N) is 2. The first kappa shape index (κ1) is 19.9. The van der Waals surface area contributed by atoms with E-state index < -0.39 is 5.82 Å². The summed E-state index contributed by atoms with van der Waals surface area (Å²) in [5.41, 5.74) is 2.58. The van der Waals surface area contributed by atoms with Crippen molar-refractivity contribution in [1.29, 1.82) is 0 Å². The van der Waals surface area contributed by atoms with Crippen molar-refractivity contribution in [1.82, 2.24) is 15.5 Å². The minimum atomic E-state index is -0.490. The predicted octanol–water partition coefficient (Wildman–Crippen LogP) is 4.98. The molecule has 0 saturated heterocycles. The van der Waals surface area contributed by atoms with Crippen molar-refractivity contribution in [2.75, 3.05) is 6.61 Å². The third kappa shape index (κ3) is 4.89. The Bertz CT molecular complexity index is 941. The number of unbranched alkanes of at least 4 members (excludes halogenated alkanes) is 1. The molecule has 5 nitrogen and oxygen atoms in total. The molecular weight excluding hydrogens is 381 g/mol. The molecule has 1 aromatic heterocycles. The number of amides is 1. The number of aromatic amines is 1. The Balaban J connectivity index is 1.67. The van der Waals surface area contributed by atoms with Crippen LogP contribution in [0.4, 0.5) is 4.39 Å². The molecule has 28 heavy (non-hydrogen) atoms. The Labute approximate surface area is 167 Å². The van der Waals surface area contributed by atoms with Gasteiger partial charge in [0.15, 0.2) is 0 Å². The largest absolute Gasteiger partial charge is 0.494 e. The number of carbonyl (C=O) groups is 1. The van der Waals surface area contributed by atoms with E-state index in [-0.39, 0.29) is 17.5 Å². The highest BCUT2D eigenvalue weighted by molar-refractivity contribution is 6.30. The van der Waals surface area contributed by atoms with Crippen LogP contribution in [0, 0.1) is 5.82 Å². The van der Waals surface area contributed by atoms with E-state index in [0.29, 0.717) is 23.4 Å². The molecule has 0 bridgehead atoms. The number of aromatic nitrogens is 2. The average Bonchev–Trinajstić information content (AvgIpc) is 3.19. The van der Waals surface area contributed by atoms with Crippen molar-refractivity contribution in [2.45, 2.75) is 26.3 Å². The third-order valence-corrected chi connectivity index (χ3v) is 4.52. The Kier molecular flexibility index (Phi) is 6.66. The van der Waals surface area contributed by atoms with Gasteiger partial charge in [0.2, 0.25) is 0 Å². The fourth-order valence-electron chi connectivity index (χ4n) is 2.66. The fraction of sp³-hybridized carbons (Fsp3) is 0.238. The number of ether oxygens (including phenoxy) is 1. The lowest BCUT2D eigenvalue weighted by atomic mass is 10.1. The van der Waals surface area contributed by atoms with Gasteiger partial charge in [-0.25, -0.2) is 4.39 Å². The zero-order chi connectivity index (χ0) is 19.9. The standard InChI is InChI=1S/C21H21ClFN3O2/c1-2-3-10-28-16-7-5-15(6-8-16)20-17(13-25-26-20)21(27)24-12-14-4-9-19(23)18(22)11-14/h4-9,11,13H,2-3,10,12H2,1H3,(H,24,27)(H,25,26). The Morgan fingerprint density at radius 3 is 2.75 bits per heavy atom. The molecule has 2 N–H and O–H groups in total. The first-order chi connectivity index (χ1) is 13.6. The van der Waals surface area contributed by atoms with Crippen LogP contribution in [0.25, 0.3) is 11.3 Å². The van der Waals surface area contributed by atoms with Gasteiger partial charge in [-0.1, -0.05) is 31.0 Å². The molecule has 146 valence electrons. The highest BCUT2D eigenvalue weighted by atomic mass is 35.5. The molecule has 0 radical (unpaired) electrons. The molecule has 0 fully saturated rings. The third-order valence-electron chi connectivity index (χ3n) is 4.23. The van der Waals surface area contributed by atoms with Crippen molar-refractivity contribution < 1.29 is 13.9 Å². The number of halogens is 2. The van der Waals surface area contributed by atoms with Crippen molar-refractivity contribution in [3.05, 3.63) is 70.6 Å². The zero-order valence-corrected chi connectivity index (χ0v) is 16.2. The number of nitrogens with zero attached hydrogens (tertiary/aromatic N) is 1. The minimum absolute atomic E-state index is 0.0250. The summed E-state index contributed by atoms with van der Waals surface area (Å²) in [5.74, 6) is 0.0133. The van der Waals surface area contributed by atoms with Crippen LogP contribution < -0.4 is 10.1 Å². The van der Waals surface area contributed by atoms with Crippen LogP contribution in [0.3, 0.4) is 0 Å². The number of hydrogen-bond acceptors (Lipinski definition) is 3. The second-order valence-corrected chi connectivity index (χ2v) is 6.72. The topological polar surface area (TPSA) is 67.0 Å². The van der Waals surface area contributed by atoms with Gasteiger partial charge >= 0.3 is 0 Å². The van der Waals surface area contributed by atoms with Crippen LogP contribution in [0.5, 0.6) is 5.75 Å². The summed E-state index contributed by atoms with van der Waals surface area (Å²) in [4.78, 5) is 12.6. The van der Waals surface area contributed by atoms with Crippen LogP contribution in [-0.4, -0.2) is 22.7 Å². The van der Waals surface area contributed by atoms with E-state index in [1.54, 1.807) is 6.07 Å². The summed E-state index contributed by atoms with van der Waals surface area (Å²) >= 11 is 5.77. The molecule has 3 rings (SSSR count). The van der Waals surface area contributed by atoms with E-state index in [2.05, 4.69) is 22.4 Å². The lowest BCUT2D eigenvalue weighted by molar-refractivity contribution is 0.0951. The maximum atomic E-state index is 13.2. The van der Waals surface area contributed by atoms with Gasteiger partial charge in [0.1, 0.15) is 11.6 Å². The van der Waals surface area contributed by atoms with E-state index >= 15 is 0 Å². The highest BCUT2D eigenvalue weighted by Gasteiger charge is 2.15. The van der Waals surface area contributed by atoms with Crippen LogP contribution >= 0.6 is 11.6 Å². The number of carbonyl (C=O) groups excluding carboxylic acids is 1. The SMILES string of the molecule is CCCCOc1ccc(-c2[nH]ncc2C(=O)NCc2ccc(F)c(Cl)c2)cc1. The van der Waals surface area contributed by atoms with E-state index in [0.717, 1.165) is 24.2 Å². The van der Waals surface area contributed by atoms with Crippen LogP contribution in [0.15, 0.2) is 48.7 Å². The Hall–Kier alpha value is -2.86. The quantitative estimate of drug-likeness (QED) is 0.523. The van der Waals surface area contributed by atoms with Crippen LogP contribution in [-0.2, 0) is 6.54 Å². The lowest BCUT2D eigenvalue weighted by Gasteiger charge is -2.08. The second kappa shape index (κ2) is 9.37. The highest BCUT2D eigenvalue weighted by Crippen LogP contribution is 2.24. The zero-order valence-electron chi connectivity index (χ0n) is 15.5. The normalized spacial score (nSPS) is 10.7. The van der Waals surface area contributed by atoms with Gasteiger partial charge in [-0.05, 0) is 48.4 Å². The number of hydrogen-bond donors (Lipinski definition) is 2. The summed E-state index contributed by atoms with van der Waals surface area (Å²) < 4.78 is 18.9. The van der Waals surface area contributed by atoms with E-state index in [1.165, 1.54) is 18.3 Å². The molecule has 7 heteroatoms. The number of benzene rings is 2. The first-order valence-electron chi connectivity index (χ1n) is 9.07. The van der Waals surface area contributed by atoms with E-state index in [9.17, 15) is 9.18 Å². The van der Waals surface area contributed by atoms with Gasteiger partial charge in [-0.15, -0.1) is 0 Å². The Morgan fingerprint density at radius 1 is 1.25 bits per heavy atom. The molecule has 0 aliphatic heterocycles. The molecule has 0 atom stereocenters. The second-order valence-electron chi connectivity index (χ2n) is 6.32. The van der Waals surface area contributed by atoms with Crippen molar-refractivity contribution >= 4 is 17.5 Å². The number of rotatable bonds is 8. The van der Waals surface area contributed by atoms with Crippen LogP contribution in [0.2, 0.25) is 5.02 Å². The molecule has 0 spiro atoms. The number of H-pyrrole nitrogens is 1. The van der Waals surface area contributed by atoms with Crippen molar-refractivity contribution in [3.63, 3.8) is 0 Å². The van der Waals surface area contributed by atoms with Crippen LogP contribution in [0.1, 0.15) is 35.7 Å². The maximum absolute atomic E-state index is 13.2. The molecule has 0 unspecified atom stereocenters. The maximum Gasteiger partial charge on any atom is 0.255 e. The van der Waals surface area contributed by atoms with Gasteiger partial charge < -0.3 is 10.1 Å². The molecule has 0 aliphatic rings. The molecule has 2 aromatic carbocycles. The summed E-state index contributed by atoms with van der Waals surface area (Å²) in [7, 11) is 0. The van der Waals surface area contributed by atoms with Gasteiger partial charge in [0.05, 0.1) is 29.1 Å². The first-order valence-corrected chi connectivity index (χ1v) is 9.45. The fourth-order valence-corrected chi connectivity index (χ4v) is 2.86.